The summed E-state index contributed by atoms with van der Waals surface area (Å²) in [6.45, 7) is 2.17. The van der Waals surface area contributed by atoms with Crippen LogP contribution in [0.25, 0.3) is 0 Å². The van der Waals surface area contributed by atoms with Gasteiger partial charge in [0.15, 0.2) is 0 Å². The topological polar surface area (TPSA) is 28.0 Å². The maximum absolute atomic E-state index is 4.13. The van der Waals surface area contributed by atoms with Crippen molar-refractivity contribution in [2.75, 3.05) is 7.05 Å². The molecular weight excluding hydrogens is 198 g/mol. The summed E-state index contributed by atoms with van der Waals surface area (Å²) in [5, 5.41) is 10.0. The van der Waals surface area contributed by atoms with E-state index in [1.165, 1.54) is 38.5 Å². The van der Waals surface area contributed by atoms with Crippen LogP contribution in [0.15, 0.2) is 10.3 Å². The lowest BCUT2D eigenvalue weighted by atomic mass is 9.95. The second-order valence-corrected chi connectivity index (χ2v) is 4.45. The number of hydrogen-bond acceptors (Lipinski definition) is 2. The van der Waals surface area contributed by atoms with Crippen molar-refractivity contribution in [3.05, 3.63) is 0 Å². The number of hydrogen-bond donors (Lipinski definition) is 0. The third kappa shape index (κ3) is 5.16. The van der Waals surface area contributed by atoms with Crippen LogP contribution in [0.5, 0.6) is 0 Å². The lowest BCUT2D eigenvalue weighted by Crippen LogP contribution is -2.28. The maximum Gasteiger partial charge on any atom is 0.0593 e. The Hall–Kier alpha value is -1.04. The van der Waals surface area contributed by atoms with Crippen LogP contribution in [0.4, 0.5) is 0 Å². The smallest absolute Gasteiger partial charge is 0.0593 e. The van der Waals surface area contributed by atoms with Gasteiger partial charge in [0.1, 0.15) is 0 Å². The predicted molar refractivity (Wildman–Crippen MR) is 66.8 cm³/mol. The van der Waals surface area contributed by atoms with Gasteiger partial charge < -0.3 is 0 Å². The molecule has 0 amide bonds. The fourth-order valence-electron chi connectivity index (χ4n) is 1.98. The second-order valence-electron chi connectivity index (χ2n) is 4.45. The molecular formula is C13H23N3. The molecule has 90 valence electrons. The summed E-state index contributed by atoms with van der Waals surface area (Å²) in [6, 6.07) is 3.34. The highest BCUT2D eigenvalue weighted by Gasteiger charge is 2.16. The Morgan fingerprint density at radius 2 is 2.00 bits per heavy atom. The van der Waals surface area contributed by atoms with Gasteiger partial charge in [-0.2, -0.15) is 0 Å². The molecule has 0 bridgehead atoms. The zero-order chi connectivity index (χ0) is 11.6. The van der Waals surface area contributed by atoms with Crippen LogP contribution in [-0.4, -0.2) is 18.1 Å². The molecule has 0 N–H and O–H groups in total. The molecule has 3 heteroatoms. The van der Waals surface area contributed by atoms with Crippen LogP contribution in [0.2, 0.25) is 0 Å². The van der Waals surface area contributed by atoms with E-state index in [9.17, 15) is 0 Å². The van der Waals surface area contributed by atoms with Crippen molar-refractivity contribution in [3.63, 3.8) is 0 Å². The van der Waals surface area contributed by atoms with Crippen LogP contribution < -0.4 is 0 Å². The third-order valence-electron chi connectivity index (χ3n) is 3.07. The van der Waals surface area contributed by atoms with E-state index in [2.05, 4.69) is 29.2 Å². The minimum atomic E-state index is 0.579. The first kappa shape index (κ1) is 13.0. The standard InChI is InChI=1S/C13H23N3/c1-3-4-5-9-12-14-15-16(2)13-10-7-6-8-11-13/h13H,3-8,10-11H2,1-2H3/b15-14+. The van der Waals surface area contributed by atoms with E-state index in [4.69, 9.17) is 0 Å². The van der Waals surface area contributed by atoms with Gasteiger partial charge in [-0.3, -0.25) is 5.01 Å². The van der Waals surface area contributed by atoms with Gasteiger partial charge in [0.05, 0.1) is 6.04 Å². The van der Waals surface area contributed by atoms with Crippen molar-refractivity contribution in [2.45, 2.75) is 64.3 Å². The molecule has 0 saturated heterocycles. The summed E-state index contributed by atoms with van der Waals surface area (Å²) in [7, 11) is 2.01. The van der Waals surface area contributed by atoms with Gasteiger partial charge in [-0.1, -0.05) is 48.9 Å². The summed E-state index contributed by atoms with van der Waals surface area (Å²) >= 11 is 0. The fourth-order valence-corrected chi connectivity index (χ4v) is 1.98. The minimum Gasteiger partial charge on any atom is -0.278 e. The summed E-state index contributed by atoms with van der Waals surface area (Å²) in [6.07, 6.45) is 9.80. The molecule has 0 radical (unpaired) electrons. The zero-order valence-electron chi connectivity index (χ0n) is 10.6. The summed E-state index contributed by atoms with van der Waals surface area (Å²) < 4.78 is 0. The Balaban J connectivity index is 2.22. The number of rotatable bonds is 4. The molecule has 0 spiro atoms. The third-order valence-corrected chi connectivity index (χ3v) is 3.07. The van der Waals surface area contributed by atoms with E-state index in [0.717, 1.165) is 12.8 Å². The summed E-state index contributed by atoms with van der Waals surface area (Å²) in [5.41, 5.74) is 0. The molecule has 1 rings (SSSR count). The lowest BCUT2D eigenvalue weighted by Gasteiger charge is -2.27. The molecule has 0 aliphatic heterocycles. The average Bonchev–Trinajstić information content (AvgIpc) is 2.34. The summed E-state index contributed by atoms with van der Waals surface area (Å²) in [5.74, 6) is 3.01. The number of nitrogens with zero attached hydrogens (tertiary/aromatic N) is 3. The minimum absolute atomic E-state index is 0.579. The van der Waals surface area contributed by atoms with Crippen molar-refractivity contribution >= 4 is 0 Å². The van der Waals surface area contributed by atoms with E-state index in [0.29, 0.717) is 6.04 Å². The van der Waals surface area contributed by atoms with Gasteiger partial charge >= 0.3 is 0 Å². The number of unbranched alkanes of at least 4 members (excludes halogenated alkanes) is 2. The Labute approximate surface area is 99.3 Å². The van der Waals surface area contributed by atoms with E-state index in [1.807, 2.05) is 12.1 Å². The largest absolute Gasteiger partial charge is 0.278 e. The summed E-state index contributed by atoms with van der Waals surface area (Å²) in [4.78, 5) is 0. The van der Waals surface area contributed by atoms with E-state index >= 15 is 0 Å². The van der Waals surface area contributed by atoms with Crippen molar-refractivity contribution in [1.29, 1.82) is 0 Å². The molecule has 0 unspecified atom stereocenters. The zero-order valence-corrected chi connectivity index (χ0v) is 10.6. The average molecular weight is 221 g/mol. The molecule has 3 nitrogen and oxygen atoms in total. The first-order valence-corrected chi connectivity index (χ1v) is 6.46. The molecule has 1 fully saturated rings. The van der Waals surface area contributed by atoms with Crippen LogP contribution in [0.1, 0.15) is 58.3 Å². The maximum atomic E-state index is 4.13. The van der Waals surface area contributed by atoms with Gasteiger partial charge in [0.2, 0.25) is 0 Å². The van der Waals surface area contributed by atoms with Gasteiger partial charge in [-0.25, -0.2) is 0 Å². The highest BCUT2D eigenvalue weighted by molar-refractivity contribution is 4.95. The molecule has 1 saturated carbocycles. The van der Waals surface area contributed by atoms with Gasteiger partial charge in [0.25, 0.3) is 0 Å². The van der Waals surface area contributed by atoms with Crippen molar-refractivity contribution < 1.29 is 0 Å². The first-order chi connectivity index (χ1) is 7.84. The normalized spacial score (nSPS) is 17.1. The quantitative estimate of drug-likeness (QED) is 0.307. The van der Waals surface area contributed by atoms with Crippen LogP contribution in [0, 0.1) is 12.0 Å². The van der Waals surface area contributed by atoms with Crippen molar-refractivity contribution in [2.24, 2.45) is 10.3 Å². The lowest BCUT2D eigenvalue weighted by molar-refractivity contribution is 0.188. The molecule has 1 aliphatic rings. The molecule has 16 heavy (non-hydrogen) atoms. The Kier molecular flexibility index (Phi) is 6.64. The fraction of sp³-hybridized carbons (Fsp3) is 0.846. The van der Waals surface area contributed by atoms with Crippen molar-refractivity contribution in [1.82, 2.24) is 5.01 Å². The van der Waals surface area contributed by atoms with E-state index < -0.39 is 0 Å². The van der Waals surface area contributed by atoms with Gasteiger partial charge in [-0.05, 0) is 19.3 Å². The SMILES string of the molecule is CCCCC#C/N=N/N(C)C1CCCCC1. The molecule has 1 aliphatic carbocycles. The Bertz CT molecular complexity index is 256. The molecule has 0 aromatic carbocycles. The van der Waals surface area contributed by atoms with Crippen LogP contribution >= 0.6 is 0 Å². The van der Waals surface area contributed by atoms with Crippen LogP contribution in [0.3, 0.4) is 0 Å². The molecule has 0 heterocycles. The monoisotopic (exact) mass is 221 g/mol. The van der Waals surface area contributed by atoms with E-state index in [1.54, 1.807) is 0 Å². The first-order valence-electron chi connectivity index (χ1n) is 6.46. The van der Waals surface area contributed by atoms with Gasteiger partial charge in [-0.15, -0.1) is 0 Å². The van der Waals surface area contributed by atoms with E-state index in [-0.39, 0.29) is 0 Å². The molecule has 0 aromatic rings. The van der Waals surface area contributed by atoms with Gasteiger partial charge in [0, 0.05) is 19.5 Å². The van der Waals surface area contributed by atoms with Crippen molar-refractivity contribution in [3.8, 4) is 12.0 Å². The second kappa shape index (κ2) is 8.15. The Morgan fingerprint density at radius 1 is 1.25 bits per heavy atom. The molecule has 0 atom stereocenters. The van der Waals surface area contributed by atoms with Crippen LogP contribution in [-0.2, 0) is 0 Å². The molecule has 0 aromatic heterocycles. The highest BCUT2D eigenvalue weighted by Crippen LogP contribution is 2.21. The predicted octanol–water partition coefficient (Wildman–Crippen LogP) is 3.77. The Morgan fingerprint density at radius 3 is 2.69 bits per heavy atom. The highest BCUT2D eigenvalue weighted by atomic mass is 15.5.